The summed E-state index contributed by atoms with van der Waals surface area (Å²) in [4.78, 5) is 28.6. The quantitative estimate of drug-likeness (QED) is 0.662. The normalized spacial score (nSPS) is 17.4. The van der Waals surface area contributed by atoms with E-state index < -0.39 is 42.0 Å². The van der Waals surface area contributed by atoms with Gasteiger partial charge in [0.1, 0.15) is 12.4 Å². The van der Waals surface area contributed by atoms with Crippen LogP contribution in [0.4, 0.5) is 13.2 Å². The van der Waals surface area contributed by atoms with Crippen molar-refractivity contribution < 1.29 is 32.6 Å². The minimum absolute atomic E-state index is 0.0836. The summed E-state index contributed by atoms with van der Waals surface area (Å²) in [5.41, 5.74) is -0.00691. The number of ether oxygens (including phenoxy) is 1. The monoisotopic (exact) mass is 356 g/mol. The van der Waals surface area contributed by atoms with E-state index in [0.29, 0.717) is 12.1 Å². The van der Waals surface area contributed by atoms with Crippen molar-refractivity contribution in [2.45, 2.75) is 19.9 Å². The molecule has 6 nitrogen and oxygen atoms in total. The Balaban J connectivity index is 2.70. The molecule has 1 heterocycles. The predicted octanol–water partition coefficient (Wildman–Crippen LogP) is 2.41. The summed E-state index contributed by atoms with van der Waals surface area (Å²) in [6.45, 7) is 2.38. The molecule has 0 aliphatic carbocycles. The Labute approximate surface area is 141 Å². The molecule has 1 aliphatic rings. The number of hydrogen-bond donors (Lipinski definition) is 1. The number of hydrogen-bond acceptors (Lipinski definition) is 5. The lowest BCUT2D eigenvalue weighted by molar-refractivity contribution is -0.140. The first-order chi connectivity index (χ1) is 11.7. The highest BCUT2D eigenvalue weighted by Gasteiger charge is 2.37. The molecule has 1 aliphatic heterocycles. The van der Waals surface area contributed by atoms with Crippen LogP contribution in [0.25, 0.3) is 0 Å². The Morgan fingerprint density at radius 3 is 2.28 bits per heavy atom. The summed E-state index contributed by atoms with van der Waals surface area (Å²) in [5.74, 6) is -6.41. The van der Waals surface area contributed by atoms with Gasteiger partial charge in [-0.3, -0.25) is 4.79 Å². The number of benzene rings is 1. The molecule has 0 aromatic heterocycles. The second kappa shape index (κ2) is 6.96. The van der Waals surface area contributed by atoms with Crippen LogP contribution >= 0.6 is 0 Å². The molecule has 1 N–H and O–H groups in total. The largest absolute Gasteiger partial charge is 0.480 e. The zero-order valence-electron chi connectivity index (χ0n) is 13.6. The highest BCUT2D eigenvalue weighted by molar-refractivity contribution is 5.96. The molecule has 1 atom stereocenters. The summed E-state index contributed by atoms with van der Waals surface area (Å²) in [5, 5.41) is 9.11. The van der Waals surface area contributed by atoms with Gasteiger partial charge in [0, 0.05) is 0 Å². The van der Waals surface area contributed by atoms with E-state index >= 15 is 0 Å². The Kier molecular flexibility index (Phi) is 5.15. The summed E-state index contributed by atoms with van der Waals surface area (Å²) in [7, 11) is 1.11. The number of allylic oxidation sites excluding steroid dienone is 1. The third-order valence-electron chi connectivity index (χ3n) is 3.75. The van der Waals surface area contributed by atoms with Crippen LogP contribution in [0.15, 0.2) is 28.4 Å². The van der Waals surface area contributed by atoms with Crippen LogP contribution in [0.2, 0.25) is 0 Å². The van der Waals surface area contributed by atoms with Crippen LogP contribution < -0.4 is 0 Å². The minimum atomic E-state index is -1.66. The maximum atomic E-state index is 13.7. The van der Waals surface area contributed by atoms with Crippen LogP contribution in [0.5, 0.6) is 0 Å². The van der Waals surface area contributed by atoms with Gasteiger partial charge in [-0.2, -0.15) is 0 Å². The number of esters is 1. The number of carboxylic acids is 1. The molecule has 25 heavy (non-hydrogen) atoms. The number of nitrogens with zero attached hydrogens (tertiary/aromatic N) is 2. The lowest BCUT2D eigenvalue weighted by atomic mass is 9.93. The van der Waals surface area contributed by atoms with Gasteiger partial charge in [-0.05, 0) is 31.5 Å². The fourth-order valence-electron chi connectivity index (χ4n) is 2.71. The first kappa shape index (κ1) is 18.5. The van der Waals surface area contributed by atoms with Gasteiger partial charge >= 0.3 is 11.9 Å². The molecule has 1 aromatic carbocycles. The molecule has 0 amide bonds. The SMILES string of the molecule is COC(=O)C1=C(C)N=C(C)N(CC(=O)O)C1c1cc(F)c(F)c(F)c1. The zero-order valence-corrected chi connectivity index (χ0v) is 13.6. The Hall–Kier alpha value is -2.84. The lowest BCUT2D eigenvalue weighted by Gasteiger charge is -2.36. The average Bonchev–Trinajstić information content (AvgIpc) is 2.53. The van der Waals surface area contributed by atoms with Gasteiger partial charge in [-0.25, -0.2) is 23.0 Å². The molecule has 0 bridgehead atoms. The number of carbonyl (C=O) groups is 2. The molecule has 0 radical (unpaired) electrons. The standard InChI is InChI=1S/C16H15F3N2O4/c1-7-13(16(24)25-3)15(21(6-12(22)23)8(2)20-7)9-4-10(17)14(19)11(18)5-9/h4-5,15H,6H2,1-3H3,(H,22,23). The molecular formula is C16H15F3N2O4. The molecule has 0 saturated heterocycles. The van der Waals surface area contributed by atoms with Gasteiger partial charge in [-0.1, -0.05) is 0 Å². The van der Waals surface area contributed by atoms with Crippen molar-refractivity contribution in [1.82, 2.24) is 4.90 Å². The number of aliphatic carboxylic acids is 1. The van der Waals surface area contributed by atoms with E-state index in [1.807, 2.05) is 0 Å². The predicted molar refractivity (Wildman–Crippen MR) is 81.2 cm³/mol. The minimum Gasteiger partial charge on any atom is -0.480 e. The number of rotatable bonds is 4. The first-order valence-corrected chi connectivity index (χ1v) is 7.14. The summed E-state index contributed by atoms with van der Waals surface area (Å²) in [6.07, 6.45) is 0. The Morgan fingerprint density at radius 1 is 1.24 bits per heavy atom. The topological polar surface area (TPSA) is 79.2 Å². The summed E-state index contributed by atoms with van der Waals surface area (Å²) < 4.78 is 45.3. The maximum absolute atomic E-state index is 13.7. The Morgan fingerprint density at radius 2 is 1.80 bits per heavy atom. The van der Waals surface area contributed by atoms with E-state index in [-0.39, 0.29) is 22.7 Å². The van der Waals surface area contributed by atoms with Gasteiger partial charge in [0.15, 0.2) is 17.5 Å². The molecule has 134 valence electrons. The van der Waals surface area contributed by atoms with Gasteiger partial charge in [-0.15, -0.1) is 0 Å². The van der Waals surface area contributed by atoms with Crippen LogP contribution in [-0.4, -0.2) is 41.4 Å². The number of aliphatic imine (C=N–C) groups is 1. The maximum Gasteiger partial charge on any atom is 0.338 e. The molecule has 2 rings (SSSR count). The molecule has 1 aromatic rings. The van der Waals surface area contributed by atoms with Crippen molar-refractivity contribution >= 4 is 17.8 Å². The van der Waals surface area contributed by atoms with Crippen molar-refractivity contribution in [3.05, 3.63) is 46.4 Å². The number of amidine groups is 1. The Bertz CT molecular complexity index is 782. The average molecular weight is 356 g/mol. The summed E-state index contributed by atoms with van der Waals surface area (Å²) >= 11 is 0. The zero-order chi connectivity index (χ0) is 18.9. The molecular weight excluding hydrogens is 341 g/mol. The number of methoxy groups -OCH3 is 1. The van der Waals surface area contributed by atoms with Crippen LogP contribution in [0.1, 0.15) is 25.5 Å². The van der Waals surface area contributed by atoms with Gasteiger partial charge in [0.25, 0.3) is 0 Å². The molecule has 1 unspecified atom stereocenters. The summed E-state index contributed by atoms with van der Waals surface area (Å²) in [6, 6.07) is 0.241. The number of halogens is 3. The number of carbonyl (C=O) groups excluding carboxylic acids is 1. The van der Waals surface area contributed by atoms with E-state index in [1.165, 1.54) is 18.7 Å². The second-order valence-corrected chi connectivity index (χ2v) is 5.37. The van der Waals surface area contributed by atoms with Crippen molar-refractivity contribution in [2.75, 3.05) is 13.7 Å². The van der Waals surface area contributed by atoms with Crippen molar-refractivity contribution in [1.29, 1.82) is 0 Å². The van der Waals surface area contributed by atoms with Crippen LogP contribution in [-0.2, 0) is 14.3 Å². The van der Waals surface area contributed by atoms with E-state index in [1.54, 1.807) is 0 Å². The third-order valence-corrected chi connectivity index (χ3v) is 3.75. The van der Waals surface area contributed by atoms with E-state index in [0.717, 1.165) is 7.11 Å². The van der Waals surface area contributed by atoms with Crippen molar-refractivity contribution in [2.24, 2.45) is 4.99 Å². The van der Waals surface area contributed by atoms with Crippen molar-refractivity contribution in [3.8, 4) is 0 Å². The fraction of sp³-hybridized carbons (Fsp3) is 0.312. The fourth-order valence-corrected chi connectivity index (χ4v) is 2.71. The van der Waals surface area contributed by atoms with Gasteiger partial charge < -0.3 is 14.7 Å². The van der Waals surface area contributed by atoms with Crippen molar-refractivity contribution in [3.63, 3.8) is 0 Å². The smallest absolute Gasteiger partial charge is 0.338 e. The van der Waals surface area contributed by atoms with E-state index in [2.05, 4.69) is 9.73 Å². The van der Waals surface area contributed by atoms with Crippen LogP contribution in [0, 0.1) is 17.5 Å². The van der Waals surface area contributed by atoms with Gasteiger partial charge in [0.05, 0.1) is 24.4 Å². The highest BCUT2D eigenvalue weighted by atomic mass is 19.2. The lowest BCUT2D eigenvalue weighted by Crippen LogP contribution is -2.42. The van der Waals surface area contributed by atoms with Gasteiger partial charge in [0.2, 0.25) is 0 Å². The third kappa shape index (κ3) is 3.49. The first-order valence-electron chi connectivity index (χ1n) is 7.14. The van der Waals surface area contributed by atoms with Crippen LogP contribution in [0.3, 0.4) is 0 Å². The molecule has 0 spiro atoms. The van der Waals surface area contributed by atoms with E-state index in [4.69, 9.17) is 5.11 Å². The highest BCUT2D eigenvalue weighted by Crippen LogP contribution is 2.36. The molecule has 0 saturated carbocycles. The molecule has 0 fully saturated rings. The second-order valence-electron chi connectivity index (χ2n) is 5.37. The van der Waals surface area contributed by atoms with E-state index in [9.17, 15) is 22.8 Å². The molecule has 9 heteroatoms. The number of carboxylic acid groups (broad SMARTS) is 1.